The maximum atomic E-state index is 3.48. The molecule has 0 spiro atoms. The van der Waals surface area contributed by atoms with Crippen LogP contribution in [0.5, 0.6) is 0 Å². The average molecular weight is 225 g/mol. The van der Waals surface area contributed by atoms with Crippen LogP contribution in [0.3, 0.4) is 0 Å². The highest BCUT2D eigenvalue weighted by Gasteiger charge is 2.28. The molecule has 16 heavy (non-hydrogen) atoms. The van der Waals surface area contributed by atoms with E-state index >= 15 is 0 Å². The highest BCUT2D eigenvalue weighted by Crippen LogP contribution is 2.22. The number of likely N-dealkylation sites (tertiary alicyclic amines) is 2. The van der Waals surface area contributed by atoms with Crippen LogP contribution in [0, 0.1) is 5.92 Å². The Kier molecular flexibility index (Phi) is 4.62. The van der Waals surface area contributed by atoms with Gasteiger partial charge in [-0.1, -0.05) is 6.92 Å². The second-order valence-electron chi connectivity index (χ2n) is 5.49. The van der Waals surface area contributed by atoms with Gasteiger partial charge in [0.1, 0.15) is 0 Å². The second-order valence-corrected chi connectivity index (χ2v) is 5.49. The lowest BCUT2D eigenvalue weighted by atomic mass is 9.95. The molecule has 2 rings (SSSR count). The summed E-state index contributed by atoms with van der Waals surface area (Å²) >= 11 is 0. The van der Waals surface area contributed by atoms with E-state index in [1.54, 1.807) is 0 Å². The molecule has 2 aliphatic heterocycles. The Morgan fingerprint density at radius 3 is 2.44 bits per heavy atom. The third-order valence-corrected chi connectivity index (χ3v) is 4.21. The molecule has 0 bridgehead atoms. The van der Waals surface area contributed by atoms with Gasteiger partial charge in [-0.05, 0) is 65.0 Å². The minimum absolute atomic E-state index is 0.852. The molecule has 0 amide bonds. The molecule has 2 heterocycles. The SMILES string of the molecule is CCNCC1CCN(C2CCN(C)C2)CC1. The monoisotopic (exact) mass is 225 g/mol. The molecule has 1 atom stereocenters. The van der Waals surface area contributed by atoms with E-state index in [2.05, 4.69) is 29.1 Å². The van der Waals surface area contributed by atoms with Gasteiger partial charge >= 0.3 is 0 Å². The molecule has 0 aromatic carbocycles. The van der Waals surface area contributed by atoms with E-state index in [4.69, 9.17) is 0 Å². The third-order valence-electron chi connectivity index (χ3n) is 4.21. The van der Waals surface area contributed by atoms with E-state index in [0.29, 0.717) is 0 Å². The van der Waals surface area contributed by atoms with Gasteiger partial charge in [0.25, 0.3) is 0 Å². The van der Waals surface area contributed by atoms with Crippen molar-refractivity contribution in [1.29, 1.82) is 0 Å². The molecule has 3 heteroatoms. The predicted molar refractivity (Wildman–Crippen MR) is 68.7 cm³/mol. The molecule has 0 aromatic heterocycles. The maximum Gasteiger partial charge on any atom is 0.0235 e. The van der Waals surface area contributed by atoms with E-state index in [1.807, 2.05) is 0 Å². The maximum absolute atomic E-state index is 3.48. The molecule has 2 saturated heterocycles. The summed E-state index contributed by atoms with van der Waals surface area (Å²) in [6.45, 7) is 9.79. The van der Waals surface area contributed by atoms with Gasteiger partial charge in [-0.25, -0.2) is 0 Å². The van der Waals surface area contributed by atoms with Gasteiger partial charge < -0.3 is 10.2 Å². The van der Waals surface area contributed by atoms with Crippen molar-refractivity contribution in [1.82, 2.24) is 15.1 Å². The largest absolute Gasteiger partial charge is 0.317 e. The zero-order chi connectivity index (χ0) is 11.4. The number of piperidine rings is 1. The third kappa shape index (κ3) is 3.19. The topological polar surface area (TPSA) is 18.5 Å². The number of likely N-dealkylation sites (N-methyl/N-ethyl adjacent to an activating group) is 1. The van der Waals surface area contributed by atoms with Crippen molar-refractivity contribution < 1.29 is 0 Å². The number of hydrogen-bond acceptors (Lipinski definition) is 3. The molecule has 0 radical (unpaired) electrons. The first-order chi connectivity index (χ1) is 7.79. The molecule has 0 aromatic rings. The molecule has 94 valence electrons. The van der Waals surface area contributed by atoms with Crippen LogP contribution in [0.4, 0.5) is 0 Å². The van der Waals surface area contributed by atoms with E-state index in [1.165, 1.54) is 52.0 Å². The van der Waals surface area contributed by atoms with Crippen LogP contribution in [-0.2, 0) is 0 Å². The number of rotatable bonds is 4. The van der Waals surface area contributed by atoms with Gasteiger partial charge in [-0.2, -0.15) is 0 Å². The summed E-state index contributed by atoms with van der Waals surface area (Å²) < 4.78 is 0. The van der Waals surface area contributed by atoms with Crippen LogP contribution in [0.15, 0.2) is 0 Å². The van der Waals surface area contributed by atoms with Gasteiger partial charge in [0.2, 0.25) is 0 Å². The van der Waals surface area contributed by atoms with E-state index in [-0.39, 0.29) is 0 Å². The van der Waals surface area contributed by atoms with Gasteiger partial charge in [-0.3, -0.25) is 4.90 Å². The lowest BCUT2D eigenvalue weighted by molar-refractivity contribution is 0.134. The van der Waals surface area contributed by atoms with Crippen molar-refractivity contribution in [2.45, 2.75) is 32.2 Å². The van der Waals surface area contributed by atoms with Gasteiger partial charge in [0.05, 0.1) is 0 Å². The molecule has 2 fully saturated rings. The summed E-state index contributed by atoms with van der Waals surface area (Å²) in [5.74, 6) is 0.926. The number of hydrogen-bond donors (Lipinski definition) is 1. The molecule has 0 saturated carbocycles. The number of nitrogens with one attached hydrogen (secondary N) is 1. The Bertz CT molecular complexity index is 199. The van der Waals surface area contributed by atoms with E-state index < -0.39 is 0 Å². The fourth-order valence-corrected chi connectivity index (χ4v) is 3.08. The quantitative estimate of drug-likeness (QED) is 0.770. The Hall–Kier alpha value is -0.120. The smallest absolute Gasteiger partial charge is 0.0235 e. The second kappa shape index (κ2) is 5.99. The van der Waals surface area contributed by atoms with E-state index in [9.17, 15) is 0 Å². The molecular weight excluding hydrogens is 198 g/mol. The fourth-order valence-electron chi connectivity index (χ4n) is 3.08. The standard InChI is InChI=1S/C13H27N3/c1-3-14-10-12-4-8-16(9-5-12)13-6-7-15(2)11-13/h12-14H,3-11H2,1-2H3. The Morgan fingerprint density at radius 1 is 1.12 bits per heavy atom. The Labute approximate surface area is 100 Å². The molecule has 3 nitrogen and oxygen atoms in total. The predicted octanol–water partition coefficient (Wildman–Crippen LogP) is 1.01. The normalized spacial score (nSPS) is 30.0. The first-order valence-corrected chi connectivity index (χ1v) is 6.93. The van der Waals surface area contributed by atoms with Crippen molar-refractivity contribution in [2.75, 3.05) is 46.3 Å². The van der Waals surface area contributed by atoms with Crippen molar-refractivity contribution in [3.63, 3.8) is 0 Å². The molecule has 2 aliphatic rings. The van der Waals surface area contributed by atoms with Crippen LogP contribution in [0.25, 0.3) is 0 Å². The molecule has 0 aliphatic carbocycles. The van der Waals surface area contributed by atoms with Crippen LogP contribution >= 0.6 is 0 Å². The summed E-state index contributed by atoms with van der Waals surface area (Å²) in [6.07, 6.45) is 4.18. The minimum atomic E-state index is 0.852. The minimum Gasteiger partial charge on any atom is -0.317 e. The van der Waals surface area contributed by atoms with Crippen LogP contribution in [-0.4, -0.2) is 62.2 Å². The van der Waals surface area contributed by atoms with E-state index in [0.717, 1.165) is 18.5 Å². The highest BCUT2D eigenvalue weighted by molar-refractivity contribution is 4.85. The number of nitrogens with zero attached hydrogens (tertiary/aromatic N) is 2. The highest BCUT2D eigenvalue weighted by atomic mass is 15.2. The van der Waals surface area contributed by atoms with Gasteiger partial charge in [-0.15, -0.1) is 0 Å². The van der Waals surface area contributed by atoms with Gasteiger partial charge in [0.15, 0.2) is 0 Å². The molecule has 1 N–H and O–H groups in total. The molecule has 1 unspecified atom stereocenters. The van der Waals surface area contributed by atoms with Crippen LogP contribution in [0.2, 0.25) is 0 Å². The summed E-state index contributed by atoms with van der Waals surface area (Å²) in [4.78, 5) is 5.20. The lowest BCUT2D eigenvalue weighted by Crippen LogP contribution is -2.44. The van der Waals surface area contributed by atoms with Crippen LogP contribution in [0.1, 0.15) is 26.2 Å². The summed E-state index contributed by atoms with van der Waals surface area (Å²) in [5, 5.41) is 3.48. The van der Waals surface area contributed by atoms with Crippen LogP contribution < -0.4 is 5.32 Å². The summed E-state index contributed by atoms with van der Waals surface area (Å²) in [7, 11) is 2.25. The van der Waals surface area contributed by atoms with Crippen molar-refractivity contribution >= 4 is 0 Å². The Morgan fingerprint density at radius 2 is 1.88 bits per heavy atom. The summed E-state index contributed by atoms with van der Waals surface area (Å²) in [6, 6.07) is 0.852. The average Bonchev–Trinajstić information content (AvgIpc) is 2.74. The summed E-state index contributed by atoms with van der Waals surface area (Å²) in [5.41, 5.74) is 0. The molecular formula is C13H27N3. The lowest BCUT2D eigenvalue weighted by Gasteiger charge is -2.36. The van der Waals surface area contributed by atoms with Crippen molar-refractivity contribution in [3.05, 3.63) is 0 Å². The Balaban J connectivity index is 1.68. The van der Waals surface area contributed by atoms with Gasteiger partial charge in [0, 0.05) is 12.6 Å². The zero-order valence-electron chi connectivity index (χ0n) is 10.9. The zero-order valence-corrected chi connectivity index (χ0v) is 10.9. The van der Waals surface area contributed by atoms with Crippen molar-refractivity contribution in [2.24, 2.45) is 5.92 Å². The fraction of sp³-hybridized carbons (Fsp3) is 1.00. The van der Waals surface area contributed by atoms with Crippen molar-refractivity contribution in [3.8, 4) is 0 Å². The first kappa shape index (κ1) is 12.3. The first-order valence-electron chi connectivity index (χ1n) is 6.93.